The molecule has 0 aromatic carbocycles. The van der Waals surface area contributed by atoms with Crippen molar-refractivity contribution in [3.63, 3.8) is 0 Å². The van der Waals surface area contributed by atoms with E-state index in [0.29, 0.717) is 5.75 Å². The summed E-state index contributed by atoms with van der Waals surface area (Å²) in [6.45, 7) is 0. The number of hydrogen-bond acceptors (Lipinski definition) is 6. The van der Waals surface area contributed by atoms with E-state index in [9.17, 15) is 10.1 Å². The number of pyridine rings is 2. The molecule has 0 saturated heterocycles. The van der Waals surface area contributed by atoms with Gasteiger partial charge in [0, 0.05) is 10.7 Å². The molecule has 0 unspecified atom stereocenters. The standard InChI is InChI=1S/C10H7BrN4O3/c11-6-1-8(5-13-4-6)18-10-3-7(15(16)17)2-9(12)14-10/h1-5H,(H2,12,14). The van der Waals surface area contributed by atoms with Crippen LogP contribution >= 0.6 is 15.9 Å². The average Bonchev–Trinajstić information content (AvgIpc) is 2.28. The maximum atomic E-state index is 10.7. The zero-order chi connectivity index (χ0) is 13.1. The summed E-state index contributed by atoms with van der Waals surface area (Å²) in [6, 6.07) is 4.01. The molecule has 2 N–H and O–H groups in total. The first kappa shape index (κ1) is 12.2. The van der Waals surface area contributed by atoms with Crippen LogP contribution in [0.4, 0.5) is 11.5 Å². The van der Waals surface area contributed by atoms with Gasteiger partial charge in [-0.15, -0.1) is 0 Å². The van der Waals surface area contributed by atoms with E-state index in [-0.39, 0.29) is 17.4 Å². The highest BCUT2D eigenvalue weighted by molar-refractivity contribution is 9.10. The molecule has 0 bridgehead atoms. The number of anilines is 1. The minimum Gasteiger partial charge on any atom is -0.437 e. The normalized spacial score (nSPS) is 10.1. The van der Waals surface area contributed by atoms with Gasteiger partial charge in [0.05, 0.1) is 23.3 Å². The summed E-state index contributed by atoms with van der Waals surface area (Å²) in [5, 5.41) is 10.7. The summed E-state index contributed by atoms with van der Waals surface area (Å²) < 4.78 is 6.06. The summed E-state index contributed by atoms with van der Waals surface area (Å²) in [5.41, 5.74) is 5.28. The van der Waals surface area contributed by atoms with Gasteiger partial charge in [-0.3, -0.25) is 15.1 Å². The summed E-state index contributed by atoms with van der Waals surface area (Å²) in [4.78, 5) is 17.8. The molecule has 2 heterocycles. The van der Waals surface area contributed by atoms with Crippen LogP contribution in [0.1, 0.15) is 0 Å². The number of hydrogen-bond donors (Lipinski definition) is 1. The van der Waals surface area contributed by atoms with Gasteiger partial charge in [-0.2, -0.15) is 4.98 Å². The monoisotopic (exact) mass is 310 g/mol. The van der Waals surface area contributed by atoms with E-state index in [1.165, 1.54) is 12.3 Å². The number of halogens is 1. The molecular formula is C10H7BrN4O3. The van der Waals surface area contributed by atoms with Crippen LogP contribution < -0.4 is 10.5 Å². The molecule has 2 rings (SSSR count). The minimum atomic E-state index is -0.565. The van der Waals surface area contributed by atoms with E-state index in [4.69, 9.17) is 10.5 Å². The molecule has 2 aromatic heterocycles. The third-order valence-corrected chi connectivity index (χ3v) is 2.35. The molecule has 0 aliphatic carbocycles. The Hall–Kier alpha value is -2.22. The molecule has 7 nitrogen and oxygen atoms in total. The average molecular weight is 311 g/mol. The third kappa shape index (κ3) is 2.92. The Balaban J connectivity index is 2.31. The second-order valence-corrected chi connectivity index (χ2v) is 4.20. The molecule has 0 saturated carbocycles. The Labute approximate surface area is 110 Å². The lowest BCUT2D eigenvalue weighted by atomic mass is 10.4. The highest BCUT2D eigenvalue weighted by atomic mass is 79.9. The van der Waals surface area contributed by atoms with E-state index in [0.717, 1.165) is 10.5 Å². The number of nitrogens with zero attached hydrogens (tertiary/aromatic N) is 3. The van der Waals surface area contributed by atoms with Gasteiger partial charge in [0.15, 0.2) is 0 Å². The highest BCUT2D eigenvalue weighted by Gasteiger charge is 2.11. The van der Waals surface area contributed by atoms with E-state index in [2.05, 4.69) is 25.9 Å². The molecule has 92 valence electrons. The SMILES string of the molecule is Nc1cc([N+](=O)[O-])cc(Oc2cncc(Br)c2)n1. The van der Waals surface area contributed by atoms with Gasteiger partial charge in [-0.25, -0.2) is 0 Å². The maximum absolute atomic E-state index is 10.7. The van der Waals surface area contributed by atoms with Gasteiger partial charge in [-0.05, 0) is 22.0 Å². The Bertz CT molecular complexity index is 605. The molecular weight excluding hydrogens is 304 g/mol. The van der Waals surface area contributed by atoms with Crippen molar-refractivity contribution in [2.45, 2.75) is 0 Å². The van der Waals surface area contributed by atoms with Gasteiger partial charge in [0.25, 0.3) is 5.69 Å². The van der Waals surface area contributed by atoms with Crippen molar-refractivity contribution in [1.82, 2.24) is 9.97 Å². The van der Waals surface area contributed by atoms with Crippen molar-refractivity contribution in [3.8, 4) is 11.6 Å². The zero-order valence-corrected chi connectivity index (χ0v) is 10.5. The highest BCUT2D eigenvalue weighted by Crippen LogP contribution is 2.26. The van der Waals surface area contributed by atoms with E-state index >= 15 is 0 Å². The number of nitro groups is 1. The van der Waals surface area contributed by atoms with Gasteiger partial charge in [-0.1, -0.05) is 0 Å². The summed E-state index contributed by atoms with van der Waals surface area (Å²) >= 11 is 3.23. The maximum Gasteiger partial charge on any atom is 0.278 e. The summed E-state index contributed by atoms with van der Waals surface area (Å²) in [7, 11) is 0. The number of ether oxygens (including phenoxy) is 1. The second kappa shape index (κ2) is 4.96. The van der Waals surface area contributed by atoms with Crippen LogP contribution in [0.2, 0.25) is 0 Å². The molecule has 0 aliphatic heterocycles. The van der Waals surface area contributed by atoms with Crippen LogP contribution in [-0.4, -0.2) is 14.9 Å². The number of rotatable bonds is 3. The first-order valence-electron chi connectivity index (χ1n) is 4.75. The topological polar surface area (TPSA) is 104 Å². The van der Waals surface area contributed by atoms with Crippen LogP contribution in [-0.2, 0) is 0 Å². The van der Waals surface area contributed by atoms with Crippen molar-refractivity contribution in [3.05, 3.63) is 45.2 Å². The smallest absolute Gasteiger partial charge is 0.278 e. The summed E-state index contributed by atoms with van der Waals surface area (Å²) in [6.07, 6.45) is 3.05. The Morgan fingerprint density at radius 3 is 2.78 bits per heavy atom. The lowest BCUT2D eigenvalue weighted by Crippen LogP contribution is -1.97. The van der Waals surface area contributed by atoms with Crippen LogP contribution in [0.3, 0.4) is 0 Å². The fourth-order valence-electron chi connectivity index (χ4n) is 1.24. The van der Waals surface area contributed by atoms with Gasteiger partial charge in [0.1, 0.15) is 11.6 Å². The fraction of sp³-hybridized carbons (Fsp3) is 0. The zero-order valence-electron chi connectivity index (χ0n) is 8.91. The minimum absolute atomic E-state index is 0.0159. The Morgan fingerprint density at radius 2 is 2.11 bits per heavy atom. The molecule has 0 spiro atoms. The quantitative estimate of drug-likeness (QED) is 0.690. The molecule has 8 heteroatoms. The second-order valence-electron chi connectivity index (χ2n) is 3.29. The molecule has 0 aliphatic rings. The predicted molar refractivity (Wildman–Crippen MR) is 67.3 cm³/mol. The van der Waals surface area contributed by atoms with E-state index in [1.54, 1.807) is 12.3 Å². The molecule has 18 heavy (non-hydrogen) atoms. The largest absolute Gasteiger partial charge is 0.437 e. The van der Waals surface area contributed by atoms with Crippen LogP contribution in [0.25, 0.3) is 0 Å². The van der Waals surface area contributed by atoms with E-state index in [1.807, 2.05) is 0 Å². The van der Waals surface area contributed by atoms with Crippen molar-refractivity contribution in [1.29, 1.82) is 0 Å². The first-order valence-corrected chi connectivity index (χ1v) is 5.54. The van der Waals surface area contributed by atoms with Crippen molar-refractivity contribution in [2.24, 2.45) is 0 Å². The fourth-order valence-corrected chi connectivity index (χ4v) is 1.58. The molecule has 0 radical (unpaired) electrons. The molecule has 2 aromatic rings. The Kier molecular flexibility index (Phi) is 3.38. The lowest BCUT2D eigenvalue weighted by Gasteiger charge is -2.05. The van der Waals surface area contributed by atoms with Crippen LogP contribution in [0, 0.1) is 10.1 Å². The number of nitrogen functional groups attached to an aromatic ring is 1. The van der Waals surface area contributed by atoms with Crippen molar-refractivity contribution in [2.75, 3.05) is 5.73 Å². The van der Waals surface area contributed by atoms with Gasteiger partial charge < -0.3 is 10.5 Å². The predicted octanol–water partition coefficient (Wildman–Crippen LogP) is 2.52. The van der Waals surface area contributed by atoms with Gasteiger partial charge >= 0.3 is 0 Å². The van der Waals surface area contributed by atoms with Crippen molar-refractivity contribution < 1.29 is 9.66 Å². The number of aromatic nitrogens is 2. The van der Waals surface area contributed by atoms with Gasteiger partial charge in [0.2, 0.25) is 5.88 Å². The third-order valence-electron chi connectivity index (χ3n) is 1.92. The van der Waals surface area contributed by atoms with Crippen LogP contribution in [0.15, 0.2) is 35.1 Å². The molecule has 0 fully saturated rings. The van der Waals surface area contributed by atoms with E-state index < -0.39 is 4.92 Å². The summed E-state index contributed by atoms with van der Waals surface area (Å²) in [5.74, 6) is 0.459. The molecule has 0 atom stereocenters. The lowest BCUT2D eigenvalue weighted by molar-refractivity contribution is -0.384. The van der Waals surface area contributed by atoms with Crippen molar-refractivity contribution >= 4 is 27.4 Å². The Morgan fingerprint density at radius 1 is 1.33 bits per heavy atom. The molecule has 0 amide bonds. The number of nitrogens with two attached hydrogens (primary N) is 1. The first-order chi connectivity index (χ1) is 8.54. The van der Waals surface area contributed by atoms with Crippen LogP contribution in [0.5, 0.6) is 11.6 Å².